The molecule has 4 nitrogen and oxygen atoms in total. The van der Waals surface area contributed by atoms with Crippen LogP contribution >= 0.6 is 0 Å². The Bertz CT molecular complexity index is 476. The van der Waals surface area contributed by atoms with E-state index in [1.807, 2.05) is 6.92 Å². The quantitative estimate of drug-likeness (QED) is 0.869. The van der Waals surface area contributed by atoms with Crippen LogP contribution in [0.1, 0.15) is 26.2 Å². The first-order valence-corrected chi connectivity index (χ1v) is 7.27. The molecular formula is C15H21F2N2O2+. The van der Waals surface area contributed by atoms with Crippen LogP contribution in [0.5, 0.6) is 5.75 Å². The first-order chi connectivity index (χ1) is 10.1. The van der Waals surface area contributed by atoms with E-state index in [4.69, 9.17) is 0 Å². The molecule has 1 aliphatic heterocycles. The average Bonchev–Trinajstić information content (AvgIpc) is 2.49. The van der Waals surface area contributed by atoms with Crippen molar-refractivity contribution in [1.29, 1.82) is 0 Å². The van der Waals surface area contributed by atoms with Gasteiger partial charge in [0.05, 0.1) is 18.8 Å². The Morgan fingerprint density at radius 1 is 1.24 bits per heavy atom. The number of benzene rings is 1. The van der Waals surface area contributed by atoms with E-state index in [-0.39, 0.29) is 23.4 Å². The Labute approximate surface area is 123 Å². The van der Waals surface area contributed by atoms with Gasteiger partial charge >= 0.3 is 6.61 Å². The highest BCUT2D eigenvalue weighted by molar-refractivity contribution is 5.94. The molecule has 0 saturated carbocycles. The fraction of sp³-hybridized carbons (Fsp3) is 0.533. The number of rotatable bonds is 5. The first kappa shape index (κ1) is 15.7. The van der Waals surface area contributed by atoms with Gasteiger partial charge in [-0.2, -0.15) is 8.78 Å². The number of quaternary nitrogens is 1. The van der Waals surface area contributed by atoms with E-state index in [9.17, 15) is 13.6 Å². The largest absolute Gasteiger partial charge is 0.433 e. The Hall–Kier alpha value is -1.69. The molecule has 1 aromatic rings. The number of nitrogens with one attached hydrogen (secondary N) is 2. The van der Waals surface area contributed by atoms with E-state index in [0.717, 1.165) is 25.9 Å². The maximum absolute atomic E-state index is 12.3. The molecule has 21 heavy (non-hydrogen) atoms. The third kappa shape index (κ3) is 4.39. The lowest BCUT2D eigenvalue weighted by molar-refractivity contribution is -0.918. The van der Waals surface area contributed by atoms with Crippen LogP contribution in [0.4, 0.5) is 14.5 Å². The second kappa shape index (κ2) is 7.36. The van der Waals surface area contributed by atoms with Gasteiger partial charge in [0, 0.05) is 0 Å². The fourth-order valence-corrected chi connectivity index (χ4v) is 2.63. The van der Waals surface area contributed by atoms with Gasteiger partial charge in [-0.15, -0.1) is 0 Å². The SMILES string of the molecule is C[C@@H](C(=O)Nc1ccccc1OC(F)F)[NH+]1CCCCC1. The van der Waals surface area contributed by atoms with Crippen molar-refractivity contribution in [2.75, 3.05) is 18.4 Å². The zero-order valence-electron chi connectivity index (χ0n) is 12.1. The van der Waals surface area contributed by atoms with E-state index in [0.29, 0.717) is 0 Å². The molecule has 1 heterocycles. The van der Waals surface area contributed by atoms with E-state index in [1.54, 1.807) is 18.2 Å². The van der Waals surface area contributed by atoms with Crippen LogP contribution in [0.15, 0.2) is 24.3 Å². The lowest BCUT2D eigenvalue weighted by atomic mass is 10.1. The van der Waals surface area contributed by atoms with Gasteiger partial charge < -0.3 is 15.0 Å². The third-order valence-corrected chi connectivity index (χ3v) is 3.86. The number of hydrogen-bond donors (Lipinski definition) is 2. The number of ether oxygens (including phenoxy) is 1. The summed E-state index contributed by atoms with van der Waals surface area (Å²) in [7, 11) is 0. The first-order valence-electron chi connectivity index (χ1n) is 7.27. The number of anilines is 1. The van der Waals surface area contributed by atoms with Crippen LogP contribution < -0.4 is 15.0 Å². The molecule has 1 atom stereocenters. The predicted molar refractivity (Wildman–Crippen MR) is 75.7 cm³/mol. The van der Waals surface area contributed by atoms with Crippen LogP contribution in [0.2, 0.25) is 0 Å². The van der Waals surface area contributed by atoms with Crippen LogP contribution in [-0.4, -0.2) is 31.7 Å². The zero-order valence-corrected chi connectivity index (χ0v) is 12.1. The maximum atomic E-state index is 12.3. The van der Waals surface area contributed by atoms with Crippen LogP contribution in [-0.2, 0) is 4.79 Å². The molecule has 1 saturated heterocycles. The maximum Gasteiger partial charge on any atom is 0.387 e. The molecule has 0 radical (unpaired) electrons. The van der Waals surface area contributed by atoms with E-state index < -0.39 is 6.61 Å². The number of likely N-dealkylation sites (tertiary alicyclic amines) is 1. The number of carbonyl (C=O) groups excluding carboxylic acids is 1. The molecule has 116 valence electrons. The summed E-state index contributed by atoms with van der Waals surface area (Å²) in [6, 6.07) is 6.04. The summed E-state index contributed by atoms with van der Waals surface area (Å²) in [5, 5.41) is 2.69. The highest BCUT2D eigenvalue weighted by Crippen LogP contribution is 2.25. The van der Waals surface area contributed by atoms with Gasteiger partial charge in [-0.25, -0.2) is 0 Å². The normalized spacial score (nSPS) is 17.5. The fourth-order valence-electron chi connectivity index (χ4n) is 2.63. The molecule has 0 aromatic heterocycles. The van der Waals surface area contributed by atoms with E-state index >= 15 is 0 Å². The molecular weight excluding hydrogens is 278 g/mol. The third-order valence-electron chi connectivity index (χ3n) is 3.86. The van der Waals surface area contributed by atoms with Crippen LogP contribution in [0.3, 0.4) is 0 Å². The average molecular weight is 299 g/mol. The van der Waals surface area contributed by atoms with Crippen molar-refractivity contribution in [3.8, 4) is 5.75 Å². The van der Waals surface area contributed by atoms with Gasteiger partial charge in [-0.3, -0.25) is 4.79 Å². The predicted octanol–water partition coefficient (Wildman–Crippen LogP) is 1.68. The number of carbonyl (C=O) groups is 1. The van der Waals surface area contributed by atoms with Crippen molar-refractivity contribution < 1.29 is 23.2 Å². The minimum absolute atomic E-state index is 0.0123. The minimum Gasteiger partial charge on any atom is -0.433 e. The molecule has 1 fully saturated rings. The molecule has 1 amide bonds. The number of para-hydroxylation sites is 2. The van der Waals surface area contributed by atoms with Crippen LogP contribution in [0, 0.1) is 0 Å². The Morgan fingerprint density at radius 2 is 1.90 bits per heavy atom. The van der Waals surface area contributed by atoms with Crippen LogP contribution in [0.25, 0.3) is 0 Å². The van der Waals surface area contributed by atoms with E-state index in [1.165, 1.54) is 17.4 Å². The molecule has 0 bridgehead atoms. The van der Waals surface area contributed by atoms with Crippen molar-refractivity contribution in [2.45, 2.75) is 38.8 Å². The highest BCUT2D eigenvalue weighted by Gasteiger charge is 2.27. The Morgan fingerprint density at radius 3 is 2.57 bits per heavy atom. The summed E-state index contributed by atoms with van der Waals surface area (Å²) in [6.07, 6.45) is 3.46. The Kier molecular flexibility index (Phi) is 5.50. The van der Waals surface area contributed by atoms with E-state index in [2.05, 4.69) is 10.1 Å². The lowest BCUT2D eigenvalue weighted by Crippen LogP contribution is -3.17. The second-order valence-corrected chi connectivity index (χ2v) is 5.30. The minimum atomic E-state index is -2.91. The smallest absolute Gasteiger partial charge is 0.387 e. The zero-order chi connectivity index (χ0) is 15.2. The van der Waals surface area contributed by atoms with Gasteiger partial charge in [-0.1, -0.05) is 12.1 Å². The molecule has 2 rings (SSSR count). The van der Waals surface area contributed by atoms with Crippen molar-refractivity contribution in [3.63, 3.8) is 0 Å². The molecule has 0 unspecified atom stereocenters. The number of piperidine rings is 1. The van der Waals surface area contributed by atoms with Gasteiger partial charge in [-0.05, 0) is 38.3 Å². The molecule has 1 aliphatic rings. The van der Waals surface area contributed by atoms with Gasteiger partial charge in [0.2, 0.25) is 0 Å². The summed E-state index contributed by atoms with van der Waals surface area (Å²) in [4.78, 5) is 13.5. The van der Waals surface area contributed by atoms with Gasteiger partial charge in [0.25, 0.3) is 5.91 Å². The summed E-state index contributed by atoms with van der Waals surface area (Å²) in [5.74, 6) is -0.182. The number of halogens is 2. The summed E-state index contributed by atoms with van der Waals surface area (Å²) >= 11 is 0. The molecule has 6 heteroatoms. The number of alkyl halides is 2. The van der Waals surface area contributed by atoms with Gasteiger partial charge in [0.15, 0.2) is 6.04 Å². The summed E-state index contributed by atoms with van der Waals surface area (Å²) in [6.45, 7) is 0.910. The molecule has 1 aromatic carbocycles. The number of hydrogen-bond acceptors (Lipinski definition) is 2. The molecule has 0 aliphatic carbocycles. The molecule has 0 spiro atoms. The topological polar surface area (TPSA) is 42.8 Å². The van der Waals surface area contributed by atoms with Gasteiger partial charge in [0.1, 0.15) is 5.75 Å². The standard InChI is InChI=1S/C15H20F2N2O2/c1-11(19-9-5-2-6-10-19)14(20)18-12-7-3-4-8-13(12)21-15(16)17/h3-4,7-8,11,15H,2,5-6,9-10H2,1H3,(H,18,20)/p+1/t11-/m0/s1. The summed E-state index contributed by atoms with van der Waals surface area (Å²) in [5.41, 5.74) is 0.283. The monoisotopic (exact) mass is 299 g/mol. The highest BCUT2D eigenvalue weighted by atomic mass is 19.3. The summed E-state index contributed by atoms with van der Waals surface area (Å²) < 4.78 is 29.1. The van der Waals surface area contributed by atoms with Crippen molar-refractivity contribution >= 4 is 11.6 Å². The second-order valence-electron chi connectivity index (χ2n) is 5.30. The van der Waals surface area contributed by atoms with Crippen molar-refractivity contribution in [1.82, 2.24) is 0 Å². The Balaban J connectivity index is 2.01. The lowest BCUT2D eigenvalue weighted by Gasteiger charge is -2.28. The number of amides is 1. The van der Waals surface area contributed by atoms with Crippen molar-refractivity contribution in [2.24, 2.45) is 0 Å². The molecule has 2 N–H and O–H groups in total. The van der Waals surface area contributed by atoms with Crippen molar-refractivity contribution in [3.05, 3.63) is 24.3 Å².